The number of hydrogen-bond acceptors (Lipinski definition) is 5. The molecule has 0 aliphatic carbocycles. The third-order valence-corrected chi connectivity index (χ3v) is 3.57. The Balaban J connectivity index is 2.78. The molecule has 0 radical (unpaired) electrons. The maximum Gasteiger partial charge on any atom is 0.360 e. The van der Waals surface area contributed by atoms with Crippen LogP contribution in [-0.2, 0) is 4.74 Å². The number of hydrogen-bond donors (Lipinski definition) is 1. The maximum absolute atomic E-state index is 13.8. The normalized spacial score (nSPS) is 10.3. The quantitative estimate of drug-likeness (QED) is 0.619. The van der Waals surface area contributed by atoms with Crippen LogP contribution < -0.4 is 11.3 Å². The van der Waals surface area contributed by atoms with Crippen LogP contribution in [0.2, 0.25) is 0 Å². The molecule has 0 spiro atoms. The fourth-order valence-electron chi connectivity index (χ4n) is 1.55. The number of anilines is 1. The summed E-state index contributed by atoms with van der Waals surface area (Å²) < 4.78 is 19.2. The van der Waals surface area contributed by atoms with Crippen LogP contribution in [0.25, 0.3) is 5.69 Å². The van der Waals surface area contributed by atoms with Gasteiger partial charge in [0.2, 0.25) is 0 Å². The molecule has 0 amide bonds. The van der Waals surface area contributed by atoms with Crippen molar-refractivity contribution in [2.45, 2.75) is 0 Å². The molecule has 1 heterocycles. The number of rotatable bonds is 2. The zero-order valence-electron chi connectivity index (χ0n) is 10.3. The van der Waals surface area contributed by atoms with Crippen LogP contribution in [-0.4, -0.2) is 22.9 Å². The Morgan fingerprint density at radius 1 is 1.45 bits per heavy atom. The fraction of sp³-hybridized carbons (Fsp3) is 0.0833. The first-order valence-electron chi connectivity index (χ1n) is 5.39. The molecule has 2 N–H and O–H groups in total. The zero-order valence-corrected chi connectivity index (χ0v) is 12.4. The second-order valence-electron chi connectivity index (χ2n) is 3.74. The third kappa shape index (κ3) is 2.38. The highest BCUT2D eigenvalue weighted by Crippen LogP contribution is 2.17. The Hall–Kier alpha value is -1.97. The predicted molar refractivity (Wildman–Crippen MR) is 78.3 cm³/mol. The number of methoxy groups -OCH3 is 1. The zero-order chi connectivity index (χ0) is 14.9. The van der Waals surface area contributed by atoms with Gasteiger partial charge in [0.15, 0.2) is 5.69 Å². The van der Waals surface area contributed by atoms with Crippen molar-refractivity contribution in [3.8, 4) is 5.69 Å². The van der Waals surface area contributed by atoms with Gasteiger partial charge in [-0.1, -0.05) is 12.1 Å². The van der Waals surface area contributed by atoms with Crippen molar-refractivity contribution in [2.24, 2.45) is 0 Å². The molecule has 20 heavy (non-hydrogen) atoms. The van der Waals surface area contributed by atoms with Crippen molar-refractivity contribution >= 4 is 34.2 Å². The van der Waals surface area contributed by atoms with Gasteiger partial charge in [-0.25, -0.2) is 9.18 Å². The summed E-state index contributed by atoms with van der Waals surface area (Å²) in [6.45, 7) is 0. The van der Waals surface area contributed by atoms with E-state index in [9.17, 15) is 14.0 Å². The second kappa shape index (κ2) is 5.57. The molecular weight excluding hydrogens is 380 g/mol. The summed E-state index contributed by atoms with van der Waals surface area (Å²) in [5.74, 6) is -1.44. The number of nitrogens with zero attached hydrogens (tertiary/aromatic N) is 2. The van der Waals surface area contributed by atoms with Gasteiger partial charge in [-0.3, -0.25) is 4.79 Å². The van der Waals surface area contributed by atoms with E-state index in [0.717, 1.165) is 11.8 Å². The summed E-state index contributed by atoms with van der Waals surface area (Å²) in [5, 5.41) is 3.79. The molecule has 0 bridgehead atoms. The van der Waals surface area contributed by atoms with Gasteiger partial charge in [0, 0.05) is 0 Å². The largest absolute Gasteiger partial charge is 0.464 e. The molecule has 0 aliphatic heterocycles. The lowest BCUT2D eigenvalue weighted by molar-refractivity contribution is 0.0593. The lowest BCUT2D eigenvalue weighted by atomic mass is 10.3. The highest BCUT2D eigenvalue weighted by Gasteiger charge is 2.21. The Morgan fingerprint density at radius 3 is 2.70 bits per heavy atom. The number of esters is 1. The van der Waals surface area contributed by atoms with Crippen molar-refractivity contribution in [3.05, 3.63) is 49.7 Å². The topological polar surface area (TPSA) is 87.2 Å². The van der Waals surface area contributed by atoms with Crippen LogP contribution in [0.3, 0.4) is 0 Å². The van der Waals surface area contributed by atoms with E-state index in [1.165, 1.54) is 18.2 Å². The number of benzene rings is 1. The molecule has 2 aromatic rings. The molecule has 0 fully saturated rings. The van der Waals surface area contributed by atoms with Crippen molar-refractivity contribution in [1.82, 2.24) is 9.78 Å². The molecule has 6 nitrogen and oxygen atoms in total. The standard InChI is InChI=1S/C12H9FIN3O3/c1-20-12(19)10-9(15)8(14)11(18)17(16-10)7-5-3-2-4-6(7)13/h2-5H,15H2,1H3. The molecule has 0 aliphatic rings. The lowest BCUT2D eigenvalue weighted by Gasteiger charge is -2.10. The molecule has 8 heteroatoms. The van der Waals surface area contributed by atoms with Gasteiger partial charge in [0.1, 0.15) is 15.1 Å². The van der Waals surface area contributed by atoms with E-state index in [-0.39, 0.29) is 20.6 Å². The van der Waals surface area contributed by atoms with E-state index < -0.39 is 17.3 Å². The van der Waals surface area contributed by atoms with Crippen molar-refractivity contribution in [2.75, 3.05) is 12.8 Å². The first-order chi connectivity index (χ1) is 9.47. The van der Waals surface area contributed by atoms with Crippen molar-refractivity contribution in [3.63, 3.8) is 0 Å². The van der Waals surface area contributed by atoms with E-state index >= 15 is 0 Å². The van der Waals surface area contributed by atoms with Gasteiger partial charge in [-0.2, -0.15) is 9.78 Å². The SMILES string of the molecule is COC(=O)c1nn(-c2ccccc2F)c(=O)c(I)c1N. The molecule has 0 saturated carbocycles. The van der Waals surface area contributed by atoms with Crippen molar-refractivity contribution < 1.29 is 13.9 Å². The number of ether oxygens (including phenoxy) is 1. The molecule has 1 aromatic heterocycles. The Morgan fingerprint density at radius 2 is 2.10 bits per heavy atom. The minimum atomic E-state index is -0.800. The van der Waals surface area contributed by atoms with Crippen LogP contribution in [0.5, 0.6) is 0 Å². The number of nitrogen functional groups attached to an aromatic ring is 1. The van der Waals surface area contributed by atoms with Crippen LogP contribution in [0.4, 0.5) is 10.1 Å². The average molecular weight is 389 g/mol. The summed E-state index contributed by atoms with van der Waals surface area (Å²) in [6.07, 6.45) is 0. The first-order valence-corrected chi connectivity index (χ1v) is 6.46. The summed E-state index contributed by atoms with van der Waals surface area (Å²) in [6, 6.07) is 5.59. The van der Waals surface area contributed by atoms with Gasteiger partial charge in [0.25, 0.3) is 5.56 Å². The number of aromatic nitrogens is 2. The summed E-state index contributed by atoms with van der Waals surface area (Å²) in [4.78, 5) is 23.7. The third-order valence-electron chi connectivity index (χ3n) is 2.53. The van der Waals surface area contributed by atoms with E-state index in [1.54, 1.807) is 28.7 Å². The molecular formula is C12H9FIN3O3. The Labute approximate surface area is 126 Å². The van der Waals surface area contributed by atoms with Gasteiger partial charge < -0.3 is 10.5 Å². The minimum Gasteiger partial charge on any atom is -0.464 e. The van der Waals surface area contributed by atoms with Crippen LogP contribution in [0.15, 0.2) is 29.1 Å². The Bertz CT molecular complexity index is 745. The smallest absolute Gasteiger partial charge is 0.360 e. The number of halogens is 2. The van der Waals surface area contributed by atoms with Crippen LogP contribution in [0.1, 0.15) is 10.5 Å². The second-order valence-corrected chi connectivity index (χ2v) is 4.81. The van der Waals surface area contributed by atoms with Gasteiger partial charge in [0.05, 0.1) is 12.8 Å². The molecule has 1 aromatic carbocycles. The first kappa shape index (κ1) is 14.4. The molecule has 0 unspecified atom stereocenters. The molecule has 2 rings (SSSR count). The number of carbonyl (C=O) groups excluding carboxylic acids is 1. The van der Waals surface area contributed by atoms with E-state index in [1.807, 2.05) is 0 Å². The van der Waals surface area contributed by atoms with Gasteiger partial charge in [-0.05, 0) is 34.7 Å². The fourth-order valence-corrected chi connectivity index (χ4v) is 2.03. The number of nitrogens with two attached hydrogens (primary N) is 1. The predicted octanol–water partition coefficient (Wildman–Crippen LogP) is 1.34. The highest BCUT2D eigenvalue weighted by molar-refractivity contribution is 14.1. The maximum atomic E-state index is 13.8. The number of para-hydroxylation sites is 1. The van der Waals surface area contributed by atoms with Crippen LogP contribution >= 0.6 is 22.6 Å². The highest BCUT2D eigenvalue weighted by atomic mass is 127. The minimum absolute atomic E-state index is 0.0689. The summed E-state index contributed by atoms with van der Waals surface area (Å²) in [5.41, 5.74) is 4.66. The lowest BCUT2D eigenvalue weighted by Crippen LogP contribution is -2.29. The summed E-state index contributed by atoms with van der Waals surface area (Å²) >= 11 is 1.68. The van der Waals surface area contributed by atoms with Crippen LogP contribution in [0, 0.1) is 9.39 Å². The monoisotopic (exact) mass is 389 g/mol. The molecule has 104 valence electrons. The molecule has 0 saturated heterocycles. The van der Waals surface area contributed by atoms with Gasteiger partial charge in [-0.15, -0.1) is 0 Å². The van der Waals surface area contributed by atoms with Crippen molar-refractivity contribution in [1.29, 1.82) is 0 Å². The average Bonchev–Trinajstić information content (AvgIpc) is 2.45. The van der Waals surface area contributed by atoms with E-state index in [0.29, 0.717) is 0 Å². The Kier molecular flexibility index (Phi) is 4.02. The molecule has 0 atom stereocenters. The van der Waals surface area contributed by atoms with Gasteiger partial charge >= 0.3 is 5.97 Å². The number of carbonyl (C=O) groups is 1. The van der Waals surface area contributed by atoms with E-state index in [2.05, 4.69) is 9.84 Å². The van der Waals surface area contributed by atoms with E-state index in [4.69, 9.17) is 5.73 Å². The summed E-state index contributed by atoms with van der Waals surface area (Å²) in [7, 11) is 1.16.